The first-order chi connectivity index (χ1) is 13.0. The molecule has 2 aromatic rings. The highest BCUT2D eigenvalue weighted by molar-refractivity contribution is 7.89. The van der Waals surface area contributed by atoms with Gasteiger partial charge >= 0.3 is 0 Å². The summed E-state index contributed by atoms with van der Waals surface area (Å²) in [4.78, 5) is 15.9. The van der Waals surface area contributed by atoms with Crippen molar-refractivity contribution in [1.29, 1.82) is 0 Å². The number of hydrogen-bond acceptors (Lipinski definition) is 4. The molecule has 1 aromatic carbocycles. The first-order valence-electron chi connectivity index (χ1n) is 8.96. The van der Waals surface area contributed by atoms with Crippen molar-refractivity contribution in [3.63, 3.8) is 0 Å². The fraction of sp³-hybridized carbons (Fsp3) is 0.444. The molecule has 1 aliphatic rings. The zero-order valence-electron chi connectivity index (χ0n) is 14.9. The van der Waals surface area contributed by atoms with E-state index in [1.165, 1.54) is 22.5 Å². The Morgan fingerprint density at radius 1 is 1.26 bits per heavy atom. The van der Waals surface area contributed by atoms with Crippen LogP contribution in [0, 0.1) is 11.7 Å². The Morgan fingerprint density at radius 3 is 2.67 bits per heavy atom. The van der Waals surface area contributed by atoms with Crippen LogP contribution in [0.15, 0.2) is 47.9 Å². The van der Waals surface area contributed by atoms with Gasteiger partial charge in [-0.2, -0.15) is 4.31 Å². The van der Waals surface area contributed by atoms with E-state index in [0.717, 1.165) is 19.0 Å². The van der Waals surface area contributed by atoms with Gasteiger partial charge in [0.15, 0.2) is 0 Å². The second-order valence-electron chi connectivity index (χ2n) is 6.55. The quantitative estimate of drug-likeness (QED) is 0.724. The van der Waals surface area contributed by atoms with Crippen LogP contribution in [0.25, 0.3) is 0 Å². The van der Waals surface area contributed by atoms with Crippen LogP contribution in [-0.2, 0) is 21.4 Å². The summed E-state index contributed by atoms with van der Waals surface area (Å²) in [5, 5.41) is 2.91. The molecule has 9 heteroatoms. The van der Waals surface area contributed by atoms with E-state index < -0.39 is 15.8 Å². The lowest BCUT2D eigenvalue weighted by Crippen LogP contribution is -2.43. The summed E-state index contributed by atoms with van der Waals surface area (Å²) < 4.78 is 42.2. The van der Waals surface area contributed by atoms with E-state index in [1.54, 1.807) is 12.5 Å². The lowest BCUT2D eigenvalue weighted by Gasteiger charge is -2.30. The molecule has 3 rings (SSSR count). The first kappa shape index (κ1) is 19.5. The first-order valence-corrected chi connectivity index (χ1v) is 10.4. The molecule has 1 saturated heterocycles. The van der Waals surface area contributed by atoms with Crippen LogP contribution in [0.3, 0.4) is 0 Å². The molecule has 1 amide bonds. The maximum absolute atomic E-state index is 13.8. The van der Waals surface area contributed by atoms with Crippen LogP contribution in [0.2, 0.25) is 0 Å². The van der Waals surface area contributed by atoms with Crippen molar-refractivity contribution in [3.8, 4) is 0 Å². The molecule has 0 spiro atoms. The molecule has 0 radical (unpaired) electrons. The number of carbonyl (C=O) groups is 1. The molecule has 0 atom stereocenters. The van der Waals surface area contributed by atoms with Crippen LogP contribution < -0.4 is 5.32 Å². The summed E-state index contributed by atoms with van der Waals surface area (Å²) in [6, 6.07) is 5.36. The van der Waals surface area contributed by atoms with E-state index in [0.29, 0.717) is 19.4 Å². The summed E-state index contributed by atoms with van der Waals surface area (Å²) >= 11 is 0. The zero-order valence-corrected chi connectivity index (χ0v) is 15.7. The Hall–Kier alpha value is -2.26. The molecule has 7 nitrogen and oxygen atoms in total. The molecule has 27 heavy (non-hydrogen) atoms. The van der Waals surface area contributed by atoms with Crippen molar-refractivity contribution in [3.05, 3.63) is 48.8 Å². The number of benzene rings is 1. The zero-order chi connectivity index (χ0) is 19.3. The molecule has 0 saturated carbocycles. The predicted molar refractivity (Wildman–Crippen MR) is 97.7 cm³/mol. The van der Waals surface area contributed by atoms with Crippen molar-refractivity contribution in [2.75, 3.05) is 19.6 Å². The van der Waals surface area contributed by atoms with Crippen LogP contribution in [0.4, 0.5) is 4.39 Å². The Balaban J connectivity index is 1.46. The highest BCUT2D eigenvalue weighted by atomic mass is 32.2. The van der Waals surface area contributed by atoms with Crippen LogP contribution in [-0.4, -0.2) is 47.8 Å². The number of aryl methyl sites for hydroxylation is 1. The summed E-state index contributed by atoms with van der Waals surface area (Å²) in [5.74, 6) is -1.02. The third-order valence-electron chi connectivity index (χ3n) is 4.73. The third-order valence-corrected chi connectivity index (χ3v) is 6.66. The molecule has 2 heterocycles. The molecule has 1 aromatic heterocycles. The van der Waals surface area contributed by atoms with Gasteiger partial charge in [0.05, 0.1) is 6.33 Å². The third kappa shape index (κ3) is 4.72. The minimum absolute atomic E-state index is 0.0522. The normalized spacial score (nSPS) is 16.3. The van der Waals surface area contributed by atoms with Gasteiger partial charge in [-0.3, -0.25) is 4.79 Å². The van der Waals surface area contributed by atoms with Gasteiger partial charge in [0.25, 0.3) is 0 Å². The maximum Gasteiger partial charge on any atom is 0.245 e. The van der Waals surface area contributed by atoms with Crippen molar-refractivity contribution in [1.82, 2.24) is 19.2 Å². The number of nitrogens with zero attached hydrogens (tertiary/aromatic N) is 3. The van der Waals surface area contributed by atoms with Crippen molar-refractivity contribution in [2.24, 2.45) is 5.92 Å². The van der Waals surface area contributed by atoms with Gasteiger partial charge in [0.1, 0.15) is 10.7 Å². The lowest BCUT2D eigenvalue weighted by atomic mass is 9.97. The van der Waals surface area contributed by atoms with E-state index in [4.69, 9.17) is 0 Å². The highest BCUT2D eigenvalue weighted by Gasteiger charge is 2.33. The number of piperidine rings is 1. The van der Waals surface area contributed by atoms with E-state index in [-0.39, 0.29) is 29.8 Å². The molecule has 0 aliphatic carbocycles. The summed E-state index contributed by atoms with van der Waals surface area (Å²) in [7, 11) is -3.87. The Kier molecular flexibility index (Phi) is 6.22. The van der Waals surface area contributed by atoms with Gasteiger partial charge in [-0.1, -0.05) is 12.1 Å². The fourth-order valence-corrected chi connectivity index (χ4v) is 4.72. The Morgan fingerprint density at radius 2 is 2.00 bits per heavy atom. The molecular formula is C18H23FN4O3S. The van der Waals surface area contributed by atoms with Gasteiger partial charge in [-0.25, -0.2) is 17.8 Å². The number of sulfonamides is 1. The minimum Gasteiger partial charge on any atom is -0.356 e. The lowest BCUT2D eigenvalue weighted by molar-refractivity contribution is -0.126. The predicted octanol–water partition coefficient (Wildman–Crippen LogP) is 1.63. The Labute approximate surface area is 158 Å². The second-order valence-corrected chi connectivity index (χ2v) is 8.46. The molecule has 146 valence electrons. The minimum atomic E-state index is -3.87. The largest absolute Gasteiger partial charge is 0.356 e. The number of carbonyl (C=O) groups excluding carboxylic acids is 1. The number of rotatable bonds is 7. The van der Waals surface area contributed by atoms with Gasteiger partial charge in [0.2, 0.25) is 15.9 Å². The van der Waals surface area contributed by atoms with Crippen molar-refractivity contribution >= 4 is 15.9 Å². The van der Waals surface area contributed by atoms with E-state index in [9.17, 15) is 17.6 Å². The average Bonchev–Trinajstić information content (AvgIpc) is 3.19. The van der Waals surface area contributed by atoms with E-state index in [2.05, 4.69) is 10.3 Å². The average molecular weight is 394 g/mol. The molecule has 1 N–H and O–H groups in total. The molecule has 1 fully saturated rings. The number of imidazole rings is 1. The maximum atomic E-state index is 13.8. The van der Waals surface area contributed by atoms with Gasteiger partial charge in [-0.05, 0) is 31.4 Å². The van der Waals surface area contributed by atoms with Crippen LogP contribution in [0.1, 0.15) is 19.3 Å². The second kappa shape index (κ2) is 8.62. The molecule has 1 aliphatic heterocycles. The molecule has 0 bridgehead atoms. The van der Waals surface area contributed by atoms with Gasteiger partial charge < -0.3 is 9.88 Å². The summed E-state index contributed by atoms with van der Waals surface area (Å²) in [6.07, 6.45) is 6.97. The van der Waals surface area contributed by atoms with Crippen molar-refractivity contribution < 1.29 is 17.6 Å². The smallest absolute Gasteiger partial charge is 0.245 e. The van der Waals surface area contributed by atoms with E-state index >= 15 is 0 Å². The molecular weight excluding hydrogens is 371 g/mol. The van der Waals surface area contributed by atoms with Gasteiger partial charge in [-0.15, -0.1) is 0 Å². The van der Waals surface area contributed by atoms with Gasteiger partial charge in [0, 0.05) is 44.5 Å². The standard InChI is InChI=1S/C18H23FN4O3S/c19-16-4-1-2-5-17(16)27(25,26)23-11-6-15(7-12-23)18(24)21-8-3-10-22-13-9-20-14-22/h1-2,4-5,9,13-15H,3,6-8,10-12H2,(H,21,24). The number of amides is 1. The summed E-state index contributed by atoms with van der Waals surface area (Å²) in [5.41, 5.74) is 0. The van der Waals surface area contributed by atoms with E-state index in [1.807, 2.05) is 10.8 Å². The highest BCUT2D eigenvalue weighted by Crippen LogP contribution is 2.25. The number of nitrogens with one attached hydrogen (secondary N) is 1. The van der Waals surface area contributed by atoms with Crippen LogP contribution >= 0.6 is 0 Å². The monoisotopic (exact) mass is 394 g/mol. The Bertz CT molecular complexity index is 862. The number of hydrogen-bond donors (Lipinski definition) is 1. The van der Waals surface area contributed by atoms with Crippen molar-refractivity contribution in [2.45, 2.75) is 30.7 Å². The van der Waals surface area contributed by atoms with Crippen LogP contribution in [0.5, 0.6) is 0 Å². The summed E-state index contributed by atoms with van der Waals surface area (Å²) in [6.45, 7) is 1.76. The topological polar surface area (TPSA) is 84.3 Å². The number of halogens is 1. The molecule has 0 unspecified atom stereocenters. The number of aromatic nitrogens is 2. The SMILES string of the molecule is O=C(NCCCn1ccnc1)C1CCN(S(=O)(=O)c2ccccc2F)CC1. The fourth-order valence-electron chi connectivity index (χ4n) is 3.19.